The standard InChI is InChI=1S/C9H8N2O2/c1-7-2-3-8(13-7)4-5-9(12)11-6-10/h2-5H,1H3,(H,11,12). The average Bonchev–Trinajstić information content (AvgIpc) is 2.49. The Bertz CT molecular complexity index is 371. The second-order valence-electron chi connectivity index (χ2n) is 2.38. The predicted octanol–water partition coefficient (Wildman–Crippen LogP) is 1.20. The van der Waals surface area contributed by atoms with E-state index in [2.05, 4.69) is 0 Å². The van der Waals surface area contributed by atoms with Gasteiger partial charge in [-0.1, -0.05) is 0 Å². The highest BCUT2D eigenvalue weighted by atomic mass is 16.3. The van der Waals surface area contributed by atoms with Crippen molar-refractivity contribution in [2.24, 2.45) is 0 Å². The molecule has 0 unspecified atom stereocenters. The van der Waals surface area contributed by atoms with Crippen molar-refractivity contribution in [1.29, 1.82) is 5.26 Å². The molecule has 0 aromatic carbocycles. The molecule has 1 rings (SSSR count). The first kappa shape index (κ1) is 9.07. The Morgan fingerprint density at radius 2 is 2.46 bits per heavy atom. The van der Waals surface area contributed by atoms with Gasteiger partial charge in [0.15, 0.2) is 6.19 Å². The second-order valence-corrected chi connectivity index (χ2v) is 2.38. The third-order valence-corrected chi connectivity index (χ3v) is 1.34. The average molecular weight is 176 g/mol. The highest BCUT2D eigenvalue weighted by molar-refractivity contribution is 5.92. The maximum absolute atomic E-state index is 10.8. The molecule has 13 heavy (non-hydrogen) atoms. The van der Waals surface area contributed by atoms with Crippen molar-refractivity contribution in [2.45, 2.75) is 6.92 Å². The molecular formula is C9H8N2O2. The molecule has 4 heteroatoms. The van der Waals surface area contributed by atoms with E-state index in [1.54, 1.807) is 12.1 Å². The van der Waals surface area contributed by atoms with Gasteiger partial charge in [0.25, 0.3) is 5.91 Å². The minimum absolute atomic E-state index is 0.462. The van der Waals surface area contributed by atoms with Crippen LogP contribution in [0.5, 0.6) is 0 Å². The normalized spacial score (nSPS) is 9.85. The monoisotopic (exact) mass is 176 g/mol. The van der Waals surface area contributed by atoms with Gasteiger partial charge in [-0.05, 0) is 25.1 Å². The number of amides is 1. The molecule has 1 N–H and O–H groups in total. The molecule has 0 radical (unpaired) electrons. The van der Waals surface area contributed by atoms with Gasteiger partial charge in [-0.3, -0.25) is 10.1 Å². The van der Waals surface area contributed by atoms with Gasteiger partial charge in [0.1, 0.15) is 11.5 Å². The van der Waals surface area contributed by atoms with Crippen LogP contribution < -0.4 is 5.32 Å². The van der Waals surface area contributed by atoms with Crippen LogP contribution in [0.2, 0.25) is 0 Å². The van der Waals surface area contributed by atoms with Crippen molar-refractivity contribution in [3.8, 4) is 6.19 Å². The minimum atomic E-state index is -0.462. The molecular weight excluding hydrogens is 168 g/mol. The quantitative estimate of drug-likeness (QED) is 0.418. The molecule has 0 spiro atoms. The summed E-state index contributed by atoms with van der Waals surface area (Å²) >= 11 is 0. The number of hydrogen-bond donors (Lipinski definition) is 1. The van der Waals surface area contributed by atoms with Crippen LogP contribution in [0, 0.1) is 18.4 Å². The fourth-order valence-electron chi connectivity index (χ4n) is 0.798. The van der Waals surface area contributed by atoms with Gasteiger partial charge in [-0.15, -0.1) is 0 Å². The summed E-state index contributed by atoms with van der Waals surface area (Å²) in [6, 6.07) is 3.54. The van der Waals surface area contributed by atoms with Crippen LogP contribution in [0.15, 0.2) is 22.6 Å². The maximum atomic E-state index is 10.8. The first-order chi connectivity index (χ1) is 6.22. The molecule has 1 aromatic heterocycles. The van der Waals surface area contributed by atoms with Gasteiger partial charge in [-0.2, -0.15) is 5.26 Å². The summed E-state index contributed by atoms with van der Waals surface area (Å²) in [6.45, 7) is 1.81. The molecule has 0 bridgehead atoms. The smallest absolute Gasteiger partial charge is 0.257 e. The third-order valence-electron chi connectivity index (χ3n) is 1.34. The Morgan fingerprint density at radius 1 is 1.69 bits per heavy atom. The SMILES string of the molecule is Cc1ccc(C=CC(=O)NC#N)o1. The zero-order valence-corrected chi connectivity index (χ0v) is 7.07. The molecule has 0 atom stereocenters. The zero-order chi connectivity index (χ0) is 9.68. The first-order valence-corrected chi connectivity index (χ1v) is 3.66. The molecule has 4 nitrogen and oxygen atoms in total. The number of carbonyl (C=O) groups is 1. The van der Waals surface area contributed by atoms with Crippen LogP contribution >= 0.6 is 0 Å². The summed E-state index contributed by atoms with van der Waals surface area (Å²) in [5.74, 6) is 0.905. The number of hydrogen-bond acceptors (Lipinski definition) is 3. The van der Waals surface area contributed by atoms with E-state index in [9.17, 15) is 4.79 Å². The van der Waals surface area contributed by atoms with Crippen LogP contribution in [0.4, 0.5) is 0 Å². The number of furan rings is 1. The molecule has 0 aliphatic heterocycles. The fraction of sp³-hybridized carbons (Fsp3) is 0.111. The Balaban J connectivity index is 2.59. The van der Waals surface area contributed by atoms with Crippen molar-refractivity contribution >= 4 is 12.0 Å². The van der Waals surface area contributed by atoms with Gasteiger partial charge >= 0.3 is 0 Å². The van der Waals surface area contributed by atoms with Crippen LogP contribution in [0.3, 0.4) is 0 Å². The maximum Gasteiger partial charge on any atom is 0.257 e. The molecule has 66 valence electrons. The Hall–Kier alpha value is -2.02. The van der Waals surface area contributed by atoms with Crippen molar-refractivity contribution in [1.82, 2.24) is 5.32 Å². The van der Waals surface area contributed by atoms with Gasteiger partial charge < -0.3 is 4.42 Å². The lowest BCUT2D eigenvalue weighted by Crippen LogP contribution is -2.13. The van der Waals surface area contributed by atoms with E-state index in [0.29, 0.717) is 5.76 Å². The third kappa shape index (κ3) is 2.83. The van der Waals surface area contributed by atoms with E-state index in [4.69, 9.17) is 9.68 Å². The Kier molecular flexibility index (Phi) is 2.87. The molecule has 1 aromatic rings. The molecule has 0 saturated heterocycles. The lowest BCUT2D eigenvalue weighted by atomic mass is 10.4. The first-order valence-electron chi connectivity index (χ1n) is 3.66. The molecule has 1 heterocycles. The lowest BCUT2D eigenvalue weighted by Gasteiger charge is -1.86. The van der Waals surface area contributed by atoms with Gasteiger partial charge in [0.2, 0.25) is 0 Å². The summed E-state index contributed by atoms with van der Waals surface area (Å²) in [7, 11) is 0. The summed E-state index contributed by atoms with van der Waals surface area (Å²) in [6.07, 6.45) is 4.26. The van der Waals surface area contributed by atoms with E-state index in [1.165, 1.54) is 18.3 Å². The Morgan fingerprint density at radius 3 is 3.00 bits per heavy atom. The number of nitriles is 1. The summed E-state index contributed by atoms with van der Waals surface area (Å²) in [5.41, 5.74) is 0. The van der Waals surface area contributed by atoms with Crippen LogP contribution in [0.25, 0.3) is 6.08 Å². The minimum Gasteiger partial charge on any atom is -0.462 e. The number of rotatable bonds is 2. The van der Waals surface area contributed by atoms with Gasteiger partial charge in [0, 0.05) is 6.08 Å². The molecule has 0 fully saturated rings. The van der Waals surface area contributed by atoms with Crippen LogP contribution in [0.1, 0.15) is 11.5 Å². The summed E-state index contributed by atoms with van der Waals surface area (Å²) in [5, 5.41) is 10.1. The molecule has 1 amide bonds. The fourth-order valence-corrected chi connectivity index (χ4v) is 0.798. The van der Waals surface area contributed by atoms with Crippen molar-refractivity contribution in [3.05, 3.63) is 29.7 Å². The van der Waals surface area contributed by atoms with E-state index in [-0.39, 0.29) is 0 Å². The Labute approximate surface area is 75.5 Å². The van der Waals surface area contributed by atoms with Gasteiger partial charge in [-0.25, -0.2) is 0 Å². The topological polar surface area (TPSA) is 66.0 Å². The molecule has 0 aliphatic carbocycles. The van der Waals surface area contributed by atoms with E-state index >= 15 is 0 Å². The molecule has 0 saturated carbocycles. The number of carbonyl (C=O) groups excluding carboxylic acids is 1. The van der Waals surface area contributed by atoms with Crippen LogP contribution in [-0.2, 0) is 4.79 Å². The zero-order valence-electron chi connectivity index (χ0n) is 7.07. The van der Waals surface area contributed by atoms with Crippen molar-refractivity contribution in [2.75, 3.05) is 0 Å². The highest BCUT2D eigenvalue weighted by Gasteiger charge is 1.95. The van der Waals surface area contributed by atoms with Crippen LogP contribution in [-0.4, -0.2) is 5.91 Å². The summed E-state index contributed by atoms with van der Waals surface area (Å²) < 4.78 is 5.16. The van der Waals surface area contributed by atoms with Gasteiger partial charge in [0.05, 0.1) is 0 Å². The number of aryl methyl sites for hydroxylation is 1. The second kappa shape index (κ2) is 4.12. The van der Waals surface area contributed by atoms with E-state index in [1.807, 2.05) is 12.2 Å². The molecule has 0 aliphatic rings. The number of nitrogens with zero attached hydrogens (tertiary/aromatic N) is 1. The predicted molar refractivity (Wildman–Crippen MR) is 46.2 cm³/mol. The van der Waals surface area contributed by atoms with Crippen molar-refractivity contribution < 1.29 is 9.21 Å². The lowest BCUT2D eigenvalue weighted by molar-refractivity contribution is -0.115. The van der Waals surface area contributed by atoms with Crippen molar-refractivity contribution in [3.63, 3.8) is 0 Å². The van der Waals surface area contributed by atoms with E-state index < -0.39 is 5.91 Å². The largest absolute Gasteiger partial charge is 0.462 e. The summed E-state index contributed by atoms with van der Waals surface area (Å²) in [4.78, 5) is 10.8. The van der Waals surface area contributed by atoms with E-state index in [0.717, 1.165) is 5.76 Å². The highest BCUT2D eigenvalue weighted by Crippen LogP contribution is 2.07. The number of nitrogens with one attached hydrogen (secondary N) is 1.